The lowest BCUT2D eigenvalue weighted by Gasteiger charge is -2.21. The molecule has 3 aromatic rings. The van der Waals surface area contributed by atoms with E-state index in [1.54, 1.807) is 39.0 Å². The van der Waals surface area contributed by atoms with Crippen LogP contribution in [-0.2, 0) is 22.6 Å². The van der Waals surface area contributed by atoms with E-state index in [4.69, 9.17) is 14.5 Å². The number of nitrogens with one attached hydrogen (secondary N) is 2. The average Bonchev–Trinajstić information content (AvgIpc) is 3.14. The quantitative estimate of drug-likeness (QED) is 0.350. The Hall–Kier alpha value is -3.01. The van der Waals surface area contributed by atoms with Gasteiger partial charge in [0.1, 0.15) is 23.1 Å². The Bertz CT molecular complexity index is 1090. The van der Waals surface area contributed by atoms with Crippen LogP contribution in [0.15, 0.2) is 42.5 Å². The highest BCUT2D eigenvalue weighted by atomic mass is 19.1. The molecule has 0 bridgehead atoms. The number of aliphatic hydroxyl groups is 1. The number of aromatic nitrogens is 2. The molecule has 184 valence electrons. The molecule has 3 N–H and O–H groups in total. The van der Waals surface area contributed by atoms with Crippen LogP contribution in [0.1, 0.15) is 33.5 Å². The van der Waals surface area contributed by atoms with Gasteiger partial charge in [-0.05, 0) is 64.1 Å². The van der Waals surface area contributed by atoms with Crippen LogP contribution in [0.5, 0.6) is 11.5 Å². The average molecular weight is 473 g/mol. The van der Waals surface area contributed by atoms with Crippen LogP contribution in [-0.4, -0.2) is 52.0 Å². The van der Waals surface area contributed by atoms with E-state index in [-0.39, 0.29) is 18.3 Å². The molecule has 0 aliphatic carbocycles. The van der Waals surface area contributed by atoms with Gasteiger partial charge in [-0.2, -0.15) is 0 Å². The lowest BCUT2D eigenvalue weighted by molar-refractivity contribution is -0.123. The Kier molecular flexibility index (Phi) is 8.60. The molecule has 2 aromatic carbocycles. The fourth-order valence-electron chi connectivity index (χ4n) is 3.35. The second kappa shape index (κ2) is 11.4. The summed E-state index contributed by atoms with van der Waals surface area (Å²) in [6.07, 6.45) is 0. The summed E-state index contributed by atoms with van der Waals surface area (Å²) in [5, 5.41) is 15.8. The minimum absolute atomic E-state index is 0.187. The van der Waals surface area contributed by atoms with Gasteiger partial charge in [-0.25, -0.2) is 9.37 Å². The van der Waals surface area contributed by atoms with Gasteiger partial charge in [0.2, 0.25) is 5.91 Å². The Morgan fingerprint density at radius 3 is 2.59 bits per heavy atom. The predicted molar refractivity (Wildman–Crippen MR) is 128 cm³/mol. The molecule has 0 radical (unpaired) electrons. The minimum atomic E-state index is -0.907. The van der Waals surface area contributed by atoms with Gasteiger partial charge < -0.3 is 29.8 Å². The van der Waals surface area contributed by atoms with Gasteiger partial charge in [0, 0.05) is 25.8 Å². The van der Waals surface area contributed by atoms with Crippen molar-refractivity contribution in [1.29, 1.82) is 0 Å². The van der Waals surface area contributed by atoms with E-state index < -0.39 is 11.6 Å². The highest BCUT2D eigenvalue weighted by molar-refractivity contribution is 5.81. The SMILES string of the molecule is CCOCCn1c(CNC(=O)[C@H](C)NCC(C)(C)O)nc2ccc(Oc3ccc(F)cc3)cc21. The highest BCUT2D eigenvalue weighted by Gasteiger charge is 2.19. The summed E-state index contributed by atoms with van der Waals surface area (Å²) in [6, 6.07) is 10.9. The van der Waals surface area contributed by atoms with Crippen LogP contribution in [0.4, 0.5) is 4.39 Å². The van der Waals surface area contributed by atoms with Crippen molar-refractivity contribution in [3.63, 3.8) is 0 Å². The second-order valence-corrected chi connectivity index (χ2v) is 8.72. The topological polar surface area (TPSA) is 97.6 Å². The molecule has 0 aliphatic heterocycles. The Balaban J connectivity index is 1.77. The van der Waals surface area contributed by atoms with Crippen LogP contribution in [0, 0.1) is 5.82 Å². The number of amides is 1. The molecule has 1 amide bonds. The summed E-state index contributed by atoms with van der Waals surface area (Å²) in [5.41, 5.74) is 0.701. The van der Waals surface area contributed by atoms with Crippen molar-refractivity contribution in [3.8, 4) is 11.5 Å². The van der Waals surface area contributed by atoms with E-state index in [0.717, 1.165) is 11.0 Å². The number of halogens is 1. The zero-order valence-corrected chi connectivity index (χ0v) is 20.1. The number of fused-ring (bicyclic) bond motifs is 1. The summed E-state index contributed by atoms with van der Waals surface area (Å²) in [6.45, 7) is 9.23. The number of hydrogen-bond acceptors (Lipinski definition) is 6. The molecule has 8 nitrogen and oxygen atoms in total. The molecule has 34 heavy (non-hydrogen) atoms. The molecule has 1 aromatic heterocycles. The van der Waals surface area contributed by atoms with Crippen molar-refractivity contribution in [2.24, 2.45) is 0 Å². The Morgan fingerprint density at radius 1 is 1.21 bits per heavy atom. The first kappa shape index (κ1) is 25.6. The van der Waals surface area contributed by atoms with Gasteiger partial charge in [0.05, 0.1) is 35.8 Å². The highest BCUT2D eigenvalue weighted by Crippen LogP contribution is 2.26. The number of benzene rings is 2. The van der Waals surface area contributed by atoms with E-state index in [0.29, 0.717) is 43.6 Å². The summed E-state index contributed by atoms with van der Waals surface area (Å²) in [5.74, 6) is 1.30. The standard InChI is InChI=1S/C25H33FN4O4/c1-5-33-13-12-30-22-14-20(34-19-8-6-18(26)7-9-19)10-11-21(22)29-23(30)15-27-24(31)17(2)28-16-25(3,4)32/h6-11,14,17,28,32H,5,12-13,15-16H2,1-4H3,(H,27,31)/t17-/m0/s1. The maximum absolute atomic E-state index is 13.2. The van der Waals surface area contributed by atoms with Gasteiger partial charge in [0.15, 0.2) is 0 Å². The van der Waals surface area contributed by atoms with Gasteiger partial charge in [-0.15, -0.1) is 0 Å². The lowest BCUT2D eigenvalue weighted by Crippen LogP contribution is -2.47. The van der Waals surface area contributed by atoms with Crippen molar-refractivity contribution in [1.82, 2.24) is 20.2 Å². The summed E-state index contributed by atoms with van der Waals surface area (Å²) in [7, 11) is 0. The van der Waals surface area contributed by atoms with E-state index in [2.05, 4.69) is 10.6 Å². The Morgan fingerprint density at radius 2 is 1.91 bits per heavy atom. The number of carbonyl (C=O) groups excluding carboxylic acids is 1. The van der Waals surface area contributed by atoms with Crippen LogP contribution < -0.4 is 15.4 Å². The zero-order valence-electron chi connectivity index (χ0n) is 20.1. The van der Waals surface area contributed by atoms with Crippen molar-refractivity contribution >= 4 is 16.9 Å². The first-order chi connectivity index (χ1) is 16.2. The fourth-order valence-corrected chi connectivity index (χ4v) is 3.35. The number of carbonyl (C=O) groups is 1. The molecule has 0 fully saturated rings. The van der Waals surface area contributed by atoms with Crippen molar-refractivity contribution in [2.75, 3.05) is 19.8 Å². The molecule has 3 rings (SSSR count). The van der Waals surface area contributed by atoms with Crippen LogP contribution in [0.2, 0.25) is 0 Å². The van der Waals surface area contributed by atoms with E-state index in [1.165, 1.54) is 12.1 Å². The van der Waals surface area contributed by atoms with E-state index in [9.17, 15) is 14.3 Å². The smallest absolute Gasteiger partial charge is 0.237 e. The normalized spacial score (nSPS) is 12.6. The molecular weight excluding hydrogens is 439 g/mol. The summed E-state index contributed by atoms with van der Waals surface area (Å²) in [4.78, 5) is 17.2. The number of rotatable bonds is 12. The Labute approximate surface area is 199 Å². The van der Waals surface area contributed by atoms with Crippen molar-refractivity contribution in [3.05, 3.63) is 54.1 Å². The first-order valence-corrected chi connectivity index (χ1v) is 11.4. The van der Waals surface area contributed by atoms with Gasteiger partial charge in [0.25, 0.3) is 0 Å². The molecule has 0 saturated heterocycles. The number of nitrogens with zero attached hydrogens (tertiary/aromatic N) is 2. The van der Waals surface area contributed by atoms with Gasteiger partial charge in [-0.1, -0.05) is 0 Å². The number of hydrogen-bond donors (Lipinski definition) is 3. The molecular formula is C25H33FN4O4. The molecule has 1 atom stereocenters. The summed E-state index contributed by atoms with van der Waals surface area (Å²) < 4.78 is 26.6. The molecule has 0 unspecified atom stereocenters. The number of ether oxygens (including phenoxy) is 2. The third-order valence-electron chi connectivity index (χ3n) is 5.17. The molecule has 0 saturated carbocycles. The maximum atomic E-state index is 13.2. The largest absolute Gasteiger partial charge is 0.457 e. The monoisotopic (exact) mass is 472 g/mol. The number of imidazole rings is 1. The summed E-state index contributed by atoms with van der Waals surface area (Å²) >= 11 is 0. The van der Waals surface area contributed by atoms with Gasteiger partial charge >= 0.3 is 0 Å². The lowest BCUT2D eigenvalue weighted by atomic mass is 10.1. The van der Waals surface area contributed by atoms with Crippen LogP contribution >= 0.6 is 0 Å². The first-order valence-electron chi connectivity index (χ1n) is 11.4. The van der Waals surface area contributed by atoms with E-state index in [1.807, 2.05) is 23.6 Å². The molecule has 0 aliphatic rings. The molecule has 1 heterocycles. The van der Waals surface area contributed by atoms with Crippen molar-refractivity contribution in [2.45, 2.75) is 52.4 Å². The molecule has 9 heteroatoms. The van der Waals surface area contributed by atoms with Crippen LogP contribution in [0.3, 0.4) is 0 Å². The van der Waals surface area contributed by atoms with Crippen LogP contribution in [0.25, 0.3) is 11.0 Å². The second-order valence-electron chi connectivity index (χ2n) is 8.72. The maximum Gasteiger partial charge on any atom is 0.237 e. The predicted octanol–water partition coefficient (Wildman–Crippen LogP) is 3.37. The van der Waals surface area contributed by atoms with Crippen molar-refractivity contribution < 1.29 is 23.8 Å². The van der Waals surface area contributed by atoms with E-state index >= 15 is 0 Å². The zero-order chi connectivity index (χ0) is 24.7. The third kappa shape index (κ3) is 7.24. The fraction of sp³-hybridized carbons (Fsp3) is 0.440. The minimum Gasteiger partial charge on any atom is -0.457 e. The van der Waals surface area contributed by atoms with Gasteiger partial charge in [-0.3, -0.25) is 4.79 Å². The molecule has 0 spiro atoms. The third-order valence-corrected chi connectivity index (χ3v) is 5.17.